The van der Waals surface area contributed by atoms with E-state index in [2.05, 4.69) is 0 Å². The molecule has 0 bridgehead atoms. The van der Waals surface area contributed by atoms with Crippen LogP contribution in [0, 0.1) is 13.8 Å². The molecule has 0 fully saturated rings. The lowest BCUT2D eigenvalue weighted by atomic mass is 10.2. The van der Waals surface area contributed by atoms with Crippen molar-refractivity contribution in [2.24, 2.45) is 0 Å². The van der Waals surface area contributed by atoms with Crippen LogP contribution in [0.25, 0.3) is 0 Å². The topological polar surface area (TPSA) is 39.1 Å². The van der Waals surface area contributed by atoms with Crippen LogP contribution in [0.1, 0.15) is 28.7 Å². The van der Waals surface area contributed by atoms with E-state index in [0.717, 1.165) is 4.57 Å². The standard InChI is InChI=1S/C13H16F3NO2S/c1-8-4-11(12(19)6-20-5-9(2)18)10(3)17(8)7-13(14,15)16/h4H,5-7H2,1-3H3. The van der Waals surface area contributed by atoms with Crippen LogP contribution < -0.4 is 0 Å². The van der Waals surface area contributed by atoms with Gasteiger partial charge >= 0.3 is 6.18 Å². The minimum absolute atomic E-state index is 0.0367. The Bertz CT molecular complexity index is 520. The molecule has 0 unspecified atom stereocenters. The lowest BCUT2D eigenvalue weighted by molar-refractivity contribution is -0.141. The Morgan fingerprint density at radius 2 is 1.85 bits per heavy atom. The number of halogens is 3. The van der Waals surface area contributed by atoms with Gasteiger partial charge in [-0.2, -0.15) is 13.2 Å². The highest BCUT2D eigenvalue weighted by Crippen LogP contribution is 2.24. The fourth-order valence-electron chi connectivity index (χ4n) is 1.87. The third kappa shape index (κ3) is 4.70. The second-order valence-electron chi connectivity index (χ2n) is 4.60. The summed E-state index contributed by atoms with van der Waals surface area (Å²) in [5.74, 6) is 0.0336. The number of thioether (sulfide) groups is 1. The van der Waals surface area contributed by atoms with Crippen molar-refractivity contribution in [1.82, 2.24) is 4.57 Å². The maximum Gasteiger partial charge on any atom is 0.406 e. The maximum atomic E-state index is 12.5. The Kier molecular flexibility index (Phi) is 5.44. The number of aromatic nitrogens is 1. The predicted octanol–water partition coefficient (Wildman–Crippen LogP) is 3.17. The number of hydrogen-bond acceptors (Lipinski definition) is 3. The zero-order valence-corrected chi connectivity index (χ0v) is 12.3. The Morgan fingerprint density at radius 3 is 2.35 bits per heavy atom. The van der Waals surface area contributed by atoms with Gasteiger partial charge in [0.05, 0.1) is 11.5 Å². The summed E-state index contributed by atoms with van der Waals surface area (Å²) in [4.78, 5) is 22.7. The number of aryl methyl sites for hydroxylation is 1. The molecule has 20 heavy (non-hydrogen) atoms. The van der Waals surface area contributed by atoms with E-state index in [0.29, 0.717) is 17.0 Å². The zero-order valence-electron chi connectivity index (χ0n) is 11.5. The van der Waals surface area contributed by atoms with E-state index in [-0.39, 0.29) is 23.1 Å². The number of hydrogen-bond donors (Lipinski definition) is 0. The summed E-state index contributed by atoms with van der Waals surface area (Å²) in [6.07, 6.45) is -4.32. The van der Waals surface area contributed by atoms with Crippen molar-refractivity contribution in [3.8, 4) is 0 Å². The minimum Gasteiger partial charge on any atom is -0.339 e. The van der Waals surface area contributed by atoms with Crippen molar-refractivity contribution < 1.29 is 22.8 Å². The molecule has 1 heterocycles. The van der Waals surface area contributed by atoms with Crippen LogP contribution in [0.3, 0.4) is 0 Å². The smallest absolute Gasteiger partial charge is 0.339 e. The molecule has 112 valence electrons. The highest BCUT2D eigenvalue weighted by atomic mass is 32.2. The van der Waals surface area contributed by atoms with Crippen molar-refractivity contribution in [3.63, 3.8) is 0 Å². The van der Waals surface area contributed by atoms with E-state index in [9.17, 15) is 22.8 Å². The van der Waals surface area contributed by atoms with Crippen molar-refractivity contribution in [2.45, 2.75) is 33.5 Å². The van der Waals surface area contributed by atoms with E-state index < -0.39 is 12.7 Å². The van der Waals surface area contributed by atoms with Gasteiger partial charge in [-0.1, -0.05) is 0 Å². The molecule has 0 amide bonds. The first-order valence-electron chi connectivity index (χ1n) is 5.95. The Balaban J connectivity index is 2.84. The third-order valence-electron chi connectivity index (χ3n) is 2.75. The van der Waals surface area contributed by atoms with Gasteiger partial charge < -0.3 is 4.57 Å². The molecule has 3 nitrogen and oxygen atoms in total. The van der Waals surface area contributed by atoms with Crippen LogP contribution in [-0.4, -0.2) is 33.8 Å². The monoisotopic (exact) mass is 307 g/mol. The van der Waals surface area contributed by atoms with Crippen molar-refractivity contribution in [3.05, 3.63) is 23.0 Å². The average Bonchev–Trinajstić information content (AvgIpc) is 2.54. The minimum atomic E-state index is -4.32. The molecule has 0 N–H and O–H groups in total. The number of ketones is 2. The molecule has 0 atom stereocenters. The molecule has 0 saturated heterocycles. The first-order valence-corrected chi connectivity index (χ1v) is 7.11. The van der Waals surface area contributed by atoms with E-state index in [1.54, 1.807) is 0 Å². The first-order chi connectivity index (χ1) is 9.11. The molecule has 1 aromatic heterocycles. The molecule has 0 aromatic carbocycles. The first kappa shape index (κ1) is 16.8. The van der Waals surface area contributed by atoms with Crippen LogP contribution in [0.2, 0.25) is 0 Å². The summed E-state index contributed by atoms with van der Waals surface area (Å²) in [5, 5.41) is 0. The maximum absolute atomic E-state index is 12.5. The highest BCUT2D eigenvalue weighted by molar-refractivity contribution is 8.00. The van der Waals surface area contributed by atoms with Crippen LogP contribution >= 0.6 is 11.8 Å². The molecule has 1 rings (SSSR count). The third-order valence-corrected chi connectivity index (χ3v) is 3.83. The Labute approximate surface area is 119 Å². The molecule has 0 aliphatic rings. The molecular formula is C13H16F3NO2S. The Hall–Kier alpha value is -1.24. The zero-order chi connectivity index (χ0) is 15.5. The van der Waals surface area contributed by atoms with E-state index in [1.807, 2.05) is 0 Å². The normalized spacial score (nSPS) is 11.7. The quantitative estimate of drug-likeness (QED) is 0.758. The summed E-state index contributed by atoms with van der Waals surface area (Å²) in [7, 11) is 0. The summed E-state index contributed by atoms with van der Waals surface area (Å²) in [6.45, 7) is 3.37. The average molecular weight is 307 g/mol. The summed E-state index contributed by atoms with van der Waals surface area (Å²) in [5.41, 5.74) is 1.01. The fourth-order valence-corrected chi connectivity index (χ4v) is 2.60. The summed E-state index contributed by atoms with van der Waals surface area (Å²) in [6, 6.07) is 1.47. The van der Waals surface area contributed by atoms with E-state index in [1.165, 1.54) is 38.6 Å². The number of nitrogens with zero attached hydrogens (tertiary/aromatic N) is 1. The van der Waals surface area contributed by atoms with Crippen molar-refractivity contribution >= 4 is 23.3 Å². The lowest BCUT2D eigenvalue weighted by Gasteiger charge is -2.12. The van der Waals surface area contributed by atoms with Crippen LogP contribution in [0.5, 0.6) is 0 Å². The van der Waals surface area contributed by atoms with Gasteiger partial charge in [-0.3, -0.25) is 9.59 Å². The van der Waals surface area contributed by atoms with Gasteiger partial charge in [-0.05, 0) is 26.8 Å². The molecule has 7 heteroatoms. The second kappa shape index (κ2) is 6.47. The van der Waals surface area contributed by atoms with Gasteiger partial charge in [0.15, 0.2) is 5.78 Å². The fraction of sp³-hybridized carbons (Fsp3) is 0.538. The summed E-state index contributed by atoms with van der Waals surface area (Å²) >= 11 is 1.17. The van der Waals surface area contributed by atoms with Crippen molar-refractivity contribution in [1.29, 1.82) is 0 Å². The SMILES string of the molecule is CC(=O)CSCC(=O)c1cc(C)n(CC(F)(F)F)c1C. The van der Waals surface area contributed by atoms with Gasteiger partial charge in [0.1, 0.15) is 12.3 Å². The molecule has 1 aromatic rings. The van der Waals surface area contributed by atoms with Crippen LogP contribution in [0.4, 0.5) is 13.2 Å². The molecule has 0 aliphatic carbocycles. The van der Waals surface area contributed by atoms with E-state index in [4.69, 9.17) is 0 Å². The van der Waals surface area contributed by atoms with Gasteiger partial charge in [0.25, 0.3) is 0 Å². The van der Waals surface area contributed by atoms with Gasteiger partial charge in [-0.15, -0.1) is 11.8 Å². The molecule has 0 radical (unpaired) electrons. The highest BCUT2D eigenvalue weighted by Gasteiger charge is 2.30. The van der Waals surface area contributed by atoms with Gasteiger partial charge in [0, 0.05) is 17.0 Å². The Morgan fingerprint density at radius 1 is 1.25 bits per heavy atom. The lowest BCUT2D eigenvalue weighted by Crippen LogP contribution is -2.19. The van der Waals surface area contributed by atoms with Crippen LogP contribution in [-0.2, 0) is 11.3 Å². The number of Topliss-reactive ketones (excluding diaryl/α,β-unsaturated/α-hetero) is 2. The van der Waals surface area contributed by atoms with Gasteiger partial charge in [-0.25, -0.2) is 0 Å². The predicted molar refractivity (Wildman–Crippen MR) is 72.3 cm³/mol. The largest absolute Gasteiger partial charge is 0.406 e. The van der Waals surface area contributed by atoms with Crippen LogP contribution in [0.15, 0.2) is 6.07 Å². The summed E-state index contributed by atoms with van der Waals surface area (Å²) < 4.78 is 38.5. The van der Waals surface area contributed by atoms with E-state index >= 15 is 0 Å². The number of carbonyl (C=O) groups excluding carboxylic acids is 2. The number of rotatable bonds is 6. The molecular weight excluding hydrogens is 291 g/mol. The second-order valence-corrected chi connectivity index (χ2v) is 5.59. The van der Waals surface area contributed by atoms with Gasteiger partial charge in [0.2, 0.25) is 0 Å². The number of alkyl halides is 3. The molecule has 0 aliphatic heterocycles. The molecule has 0 saturated carbocycles. The van der Waals surface area contributed by atoms with Crippen molar-refractivity contribution in [2.75, 3.05) is 11.5 Å². The molecule has 0 spiro atoms. The number of carbonyl (C=O) groups is 2.